The van der Waals surface area contributed by atoms with Crippen LogP contribution in [0.3, 0.4) is 0 Å². The second-order valence-corrected chi connectivity index (χ2v) is 5.57. The van der Waals surface area contributed by atoms with Crippen molar-refractivity contribution in [1.82, 2.24) is 10.6 Å². The Labute approximate surface area is 122 Å². The smallest absolute Gasteiger partial charge is 0.223 e. The number of benzene rings is 1. The fourth-order valence-corrected chi connectivity index (χ4v) is 2.79. The van der Waals surface area contributed by atoms with Gasteiger partial charge in [-0.15, -0.1) is 0 Å². The summed E-state index contributed by atoms with van der Waals surface area (Å²) in [6.07, 6.45) is 0.391. The molecule has 1 heterocycles. The topological polar surface area (TPSA) is 50.4 Å². The Hall–Kier alpha value is -0.910. The van der Waals surface area contributed by atoms with Crippen LogP contribution in [-0.4, -0.2) is 31.7 Å². The number of hydrogen-bond acceptors (Lipinski definition) is 3. The van der Waals surface area contributed by atoms with E-state index in [0.717, 1.165) is 23.1 Å². The van der Waals surface area contributed by atoms with Crippen molar-refractivity contribution in [2.75, 3.05) is 19.7 Å². The average Bonchev–Trinajstić information content (AvgIpc) is 2.40. The van der Waals surface area contributed by atoms with E-state index < -0.39 is 0 Å². The highest BCUT2D eigenvalue weighted by Crippen LogP contribution is 2.22. The van der Waals surface area contributed by atoms with Crippen molar-refractivity contribution in [3.05, 3.63) is 34.3 Å². The molecule has 1 aliphatic heterocycles. The van der Waals surface area contributed by atoms with E-state index in [1.807, 2.05) is 31.2 Å². The summed E-state index contributed by atoms with van der Waals surface area (Å²) in [6, 6.07) is 7.90. The number of carbonyl (C=O) groups is 1. The summed E-state index contributed by atoms with van der Waals surface area (Å²) in [4.78, 5) is 12.0. The maximum atomic E-state index is 12.0. The van der Waals surface area contributed by atoms with E-state index in [2.05, 4.69) is 26.6 Å². The summed E-state index contributed by atoms with van der Waals surface area (Å²) in [5.41, 5.74) is 1.08. The van der Waals surface area contributed by atoms with Gasteiger partial charge in [0.25, 0.3) is 0 Å². The number of carbonyl (C=O) groups excluding carboxylic acids is 1. The van der Waals surface area contributed by atoms with Crippen molar-refractivity contribution in [2.45, 2.75) is 25.5 Å². The van der Waals surface area contributed by atoms with Gasteiger partial charge in [-0.25, -0.2) is 0 Å². The molecular weight excluding hydrogens is 308 g/mol. The number of morpholine rings is 1. The van der Waals surface area contributed by atoms with Crippen molar-refractivity contribution >= 4 is 21.8 Å². The minimum atomic E-state index is -0.0142. The number of ether oxygens (including phenoxy) is 1. The van der Waals surface area contributed by atoms with Gasteiger partial charge in [-0.3, -0.25) is 4.79 Å². The van der Waals surface area contributed by atoms with Crippen molar-refractivity contribution in [2.24, 2.45) is 0 Å². The minimum absolute atomic E-state index is 0.0137. The SMILES string of the molecule is C[C@H](NC(=O)CC1CNCCO1)c1ccccc1Br. The van der Waals surface area contributed by atoms with Gasteiger partial charge >= 0.3 is 0 Å². The van der Waals surface area contributed by atoms with E-state index in [1.165, 1.54) is 0 Å². The third-order valence-electron chi connectivity index (χ3n) is 3.17. The van der Waals surface area contributed by atoms with Crippen LogP contribution in [0.4, 0.5) is 0 Å². The molecule has 1 saturated heterocycles. The molecule has 1 amide bonds. The van der Waals surface area contributed by atoms with Crippen LogP contribution in [0.2, 0.25) is 0 Å². The first-order valence-corrected chi connectivity index (χ1v) is 7.32. The molecule has 1 aromatic carbocycles. The highest BCUT2D eigenvalue weighted by molar-refractivity contribution is 9.10. The van der Waals surface area contributed by atoms with Gasteiger partial charge in [-0.2, -0.15) is 0 Å². The molecule has 5 heteroatoms. The second kappa shape index (κ2) is 7.03. The van der Waals surface area contributed by atoms with Gasteiger partial charge in [0.2, 0.25) is 5.91 Å². The Morgan fingerprint density at radius 3 is 3.05 bits per heavy atom. The molecule has 0 radical (unpaired) electrons. The Balaban J connectivity index is 1.86. The van der Waals surface area contributed by atoms with Crippen molar-refractivity contribution in [3.8, 4) is 0 Å². The van der Waals surface area contributed by atoms with Crippen LogP contribution >= 0.6 is 15.9 Å². The fourth-order valence-electron chi connectivity index (χ4n) is 2.16. The van der Waals surface area contributed by atoms with Gasteiger partial charge in [0.15, 0.2) is 0 Å². The summed E-state index contributed by atoms with van der Waals surface area (Å²) >= 11 is 3.50. The lowest BCUT2D eigenvalue weighted by Crippen LogP contribution is -2.41. The van der Waals surface area contributed by atoms with E-state index in [1.54, 1.807) is 0 Å². The monoisotopic (exact) mass is 326 g/mol. The molecular formula is C14H19BrN2O2. The van der Waals surface area contributed by atoms with E-state index in [4.69, 9.17) is 4.74 Å². The van der Waals surface area contributed by atoms with Crippen LogP contribution in [0, 0.1) is 0 Å². The van der Waals surface area contributed by atoms with Crippen LogP contribution in [-0.2, 0) is 9.53 Å². The van der Waals surface area contributed by atoms with Gasteiger partial charge in [0, 0.05) is 17.6 Å². The minimum Gasteiger partial charge on any atom is -0.375 e. The van der Waals surface area contributed by atoms with Crippen LogP contribution in [0.15, 0.2) is 28.7 Å². The summed E-state index contributed by atoms with van der Waals surface area (Å²) in [5.74, 6) is 0.0250. The maximum absolute atomic E-state index is 12.0. The molecule has 1 fully saturated rings. The van der Waals surface area contributed by atoms with Gasteiger partial charge in [-0.1, -0.05) is 34.1 Å². The third kappa shape index (κ3) is 4.30. The molecule has 0 aliphatic carbocycles. The second-order valence-electron chi connectivity index (χ2n) is 4.71. The number of halogens is 1. The molecule has 2 atom stereocenters. The molecule has 0 aromatic heterocycles. The van der Waals surface area contributed by atoms with Gasteiger partial charge in [0.05, 0.1) is 25.2 Å². The van der Waals surface area contributed by atoms with Gasteiger partial charge in [-0.05, 0) is 18.6 Å². The number of nitrogens with one attached hydrogen (secondary N) is 2. The van der Waals surface area contributed by atoms with Crippen LogP contribution in [0.25, 0.3) is 0 Å². The average molecular weight is 327 g/mol. The number of rotatable bonds is 4. The Morgan fingerprint density at radius 1 is 1.58 bits per heavy atom. The highest BCUT2D eigenvalue weighted by Gasteiger charge is 2.19. The Bertz CT molecular complexity index is 433. The molecule has 4 nitrogen and oxygen atoms in total. The first kappa shape index (κ1) is 14.5. The standard InChI is InChI=1S/C14H19BrN2O2/c1-10(12-4-2-3-5-13(12)15)17-14(18)8-11-9-16-6-7-19-11/h2-5,10-11,16H,6-9H2,1H3,(H,17,18)/t10-,11?/m0/s1. The lowest BCUT2D eigenvalue weighted by Gasteiger charge is -2.24. The van der Waals surface area contributed by atoms with Crippen molar-refractivity contribution < 1.29 is 9.53 Å². The zero-order valence-corrected chi connectivity index (χ0v) is 12.6. The molecule has 1 aliphatic rings. The summed E-state index contributed by atoms with van der Waals surface area (Å²) in [6.45, 7) is 4.28. The fraction of sp³-hybridized carbons (Fsp3) is 0.500. The van der Waals surface area contributed by atoms with Gasteiger partial charge in [0.1, 0.15) is 0 Å². The molecule has 2 rings (SSSR count). The molecule has 0 bridgehead atoms. The number of hydrogen-bond donors (Lipinski definition) is 2. The van der Waals surface area contributed by atoms with E-state index in [0.29, 0.717) is 13.0 Å². The predicted octanol–water partition coefficient (Wildman–Crippen LogP) is 2.00. The largest absolute Gasteiger partial charge is 0.375 e. The van der Waals surface area contributed by atoms with E-state index in [9.17, 15) is 4.79 Å². The van der Waals surface area contributed by atoms with E-state index in [-0.39, 0.29) is 18.1 Å². The predicted molar refractivity (Wildman–Crippen MR) is 77.9 cm³/mol. The molecule has 2 N–H and O–H groups in total. The van der Waals surface area contributed by atoms with Crippen LogP contribution in [0.1, 0.15) is 24.9 Å². The maximum Gasteiger partial charge on any atom is 0.223 e. The van der Waals surface area contributed by atoms with E-state index >= 15 is 0 Å². The summed E-state index contributed by atoms with van der Waals surface area (Å²) in [5, 5.41) is 6.23. The molecule has 19 heavy (non-hydrogen) atoms. The highest BCUT2D eigenvalue weighted by atomic mass is 79.9. The third-order valence-corrected chi connectivity index (χ3v) is 3.89. The molecule has 104 valence electrons. The number of amides is 1. The molecule has 1 unspecified atom stereocenters. The van der Waals surface area contributed by atoms with Crippen LogP contribution < -0.4 is 10.6 Å². The lowest BCUT2D eigenvalue weighted by molar-refractivity contribution is -0.125. The lowest BCUT2D eigenvalue weighted by atomic mass is 10.1. The molecule has 0 saturated carbocycles. The Kier molecular flexibility index (Phi) is 5.36. The zero-order valence-electron chi connectivity index (χ0n) is 11.0. The molecule has 1 aromatic rings. The Morgan fingerprint density at radius 2 is 2.37 bits per heavy atom. The van der Waals surface area contributed by atoms with Crippen LogP contribution in [0.5, 0.6) is 0 Å². The zero-order chi connectivity index (χ0) is 13.7. The first-order valence-electron chi connectivity index (χ1n) is 6.53. The van der Waals surface area contributed by atoms with Gasteiger partial charge < -0.3 is 15.4 Å². The first-order chi connectivity index (χ1) is 9.16. The normalized spacial score (nSPS) is 20.8. The van der Waals surface area contributed by atoms with Crippen molar-refractivity contribution in [3.63, 3.8) is 0 Å². The summed E-state index contributed by atoms with van der Waals surface area (Å²) < 4.78 is 6.54. The molecule has 0 spiro atoms. The van der Waals surface area contributed by atoms with Crippen molar-refractivity contribution in [1.29, 1.82) is 0 Å². The quantitative estimate of drug-likeness (QED) is 0.889. The summed E-state index contributed by atoms with van der Waals surface area (Å²) in [7, 11) is 0.